The first-order valence-electron chi connectivity index (χ1n) is 7.57. The summed E-state index contributed by atoms with van der Waals surface area (Å²) in [4.78, 5) is 5.11. The van der Waals surface area contributed by atoms with Crippen molar-refractivity contribution in [1.29, 1.82) is 0 Å². The van der Waals surface area contributed by atoms with E-state index in [-0.39, 0.29) is 17.5 Å². The molecular formula is C16H24N2O2. The van der Waals surface area contributed by atoms with E-state index in [1.807, 2.05) is 0 Å². The lowest BCUT2D eigenvalue weighted by Crippen LogP contribution is -2.55. The van der Waals surface area contributed by atoms with E-state index in [4.69, 9.17) is 0 Å². The third kappa shape index (κ3) is 2.50. The summed E-state index contributed by atoms with van der Waals surface area (Å²) in [6.45, 7) is 7.88. The number of benzene rings is 1. The van der Waals surface area contributed by atoms with Gasteiger partial charge in [0.05, 0.1) is 0 Å². The quantitative estimate of drug-likeness (QED) is 0.870. The SMILES string of the molecule is CC1CN2CCCC2CN1C(C)c1cc(O)cc(O)c1. The molecule has 110 valence electrons. The summed E-state index contributed by atoms with van der Waals surface area (Å²) in [5.74, 6) is 0.276. The third-order valence-corrected chi connectivity index (χ3v) is 4.89. The van der Waals surface area contributed by atoms with Gasteiger partial charge in [0.25, 0.3) is 0 Å². The van der Waals surface area contributed by atoms with Gasteiger partial charge in [-0.25, -0.2) is 0 Å². The molecule has 4 nitrogen and oxygen atoms in total. The van der Waals surface area contributed by atoms with Crippen LogP contribution in [0.1, 0.15) is 38.3 Å². The van der Waals surface area contributed by atoms with Gasteiger partial charge in [0.1, 0.15) is 11.5 Å². The Hall–Kier alpha value is -1.26. The molecule has 1 aromatic carbocycles. The van der Waals surface area contributed by atoms with Crippen LogP contribution in [0.2, 0.25) is 0 Å². The fourth-order valence-corrected chi connectivity index (χ4v) is 3.80. The summed E-state index contributed by atoms with van der Waals surface area (Å²) < 4.78 is 0. The highest BCUT2D eigenvalue weighted by atomic mass is 16.3. The molecule has 3 rings (SSSR count). The Morgan fingerprint density at radius 3 is 2.55 bits per heavy atom. The molecule has 2 fully saturated rings. The average Bonchev–Trinajstić information content (AvgIpc) is 2.82. The van der Waals surface area contributed by atoms with Gasteiger partial charge in [-0.2, -0.15) is 0 Å². The molecule has 20 heavy (non-hydrogen) atoms. The first-order valence-corrected chi connectivity index (χ1v) is 7.57. The van der Waals surface area contributed by atoms with Gasteiger partial charge in [-0.15, -0.1) is 0 Å². The normalized spacial score (nSPS) is 29.3. The van der Waals surface area contributed by atoms with Gasteiger partial charge >= 0.3 is 0 Å². The van der Waals surface area contributed by atoms with Crippen LogP contribution in [0.3, 0.4) is 0 Å². The van der Waals surface area contributed by atoms with E-state index >= 15 is 0 Å². The summed E-state index contributed by atoms with van der Waals surface area (Å²) in [5, 5.41) is 19.3. The second kappa shape index (κ2) is 5.26. The molecule has 2 saturated heterocycles. The molecule has 0 amide bonds. The molecule has 2 aliphatic heterocycles. The Kier molecular flexibility index (Phi) is 3.61. The predicted molar refractivity (Wildman–Crippen MR) is 78.9 cm³/mol. The molecule has 1 aromatic rings. The topological polar surface area (TPSA) is 46.9 Å². The second-order valence-corrected chi connectivity index (χ2v) is 6.30. The number of phenols is 2. The Balaban J connectivity index is 1.80. The largest absolute Gasteiger partial charge is 0.508 e. The van der Waals surface area contributed by atoms with Crippen LogP contribution in [0.25, 0.3) is 0 Å². The molecule has 2 aliphatic rings. The maximum Gasteiger partial charge on any atom is 0.119 e. The minimum atomic E-state index is 0.138. The highest BCUT2D eigenvalue weighted by Crippen LogP contribution is 2.33. The molecule has 0 aromatic heterocycles. The van der Waals surface area contributed by atoms with Crippen LogP contribution in [0.5, 0.6) is 11.5 Å². The monoisotopic (exact) mass is 276 g/mol. The van der Waals surface area contributed by atoms with Crippen molar-refractivity contribution in [3.05, 3.63) is 23.8 Å². The second-order valence-electron chi connectivity index (χ2n) is 6.30. The highest BCUT2D eigenvalue weighted by Gasteiger charge is 2.36. The van der Waals surface area contributed by atoms with Gasteiger partial charge in [-0.1, -0.05) is 0 Å². The smallest absolute Gasteiger partial charge is 0.119 e. The van der Waals surface area contributed by atoms with E-state index in [0.717, 1.165) is 18.7 Å². The Labute approximate surface area is 120 Å². The van der Waals surface area contributed by atoms with Crippen molar-refractivity contribution in [1.82, 2.24) is 9.80 Å². The minimum absolute atomic E-state index is 0.138. The zero-order valence-electron chi connectivity index (χ0n) is 12.3. The third-order valence-electron chi connectivity index (χ3n) is 4.89. The van der Waals surface area contributed by atoms with E-state index in [1.54, 1.807) is 12.1 Å². The first-order chi connectivity index (χ1) is 9.54. The summed E-state index contributed by atoms with van der Waals surface area (Å²) in [6, 6.07) is 6.30. The molecule has 0 saturated carbocycles. The number of aromatic hydroxyl groups is 2. The Bertz CT molecular complexity index is 471. The highest BCUT2D eigenvalue weighted by molar-refractivity contribution is 5.38. The van der Waals surface area contributed by atoms with Crippen LogP contribution in [0.4, 0.5) is 0 Å². The van der Waals surface area contributed by atoms with E-state index in [2.05, 4.69) is 23.6 Å². The van der Waals surface area contributed by atoms with Crippen LogP contribution in [-0.4, -0.2) is 51.7 Å². The maximum absolute atomic E-state index is 9.67. The summed E-state index contributed by atoms with van der Waals surface area (Å²) in [6.07, 6.45) is 2.60. The standard InChI is InChI=1S/C16H24N2O2/c1-11-9-17-5-3-4-14(17)10-18(11)12(2)13-6-15(19)8-16(20)7-13/h6-8,11-12,14,19-20H,3-5,9-10H2,1-2H3. The van der Waals surface area contributed by atoms with Gasteiger partial charge in [0.15, 0.2) is 0 Å². The maximum atomic E-state index is 9.67. The van der Waals surface area contributed by atoms with Crippen molar-refractivity contribution in [2.75, 3.05) is 19.6 Å². The van der Waals surface area contributed by atoms with Crippen molar-refractivity contribution >= 4 is 0 Å². The lowest BCUT2D eigenvalue weighted by molar-refractivity contribution is 0.0324. The molecule has 4 heteroatoms. The Morgan fingerprint density at radius 1 is 1.15 bits per heavy atom. The van der Waals surface area contributed by atoms with Gasteiger partial charge in [0, 0.05) is 37.3 Å². The molecule has 3 unspecified atom stereocenters. The van der Waals surface area contributed by atoms with E-state index in [1.165, 1.54) is 25.5 Å². The number of fused-ring (bicyclic) bond motifs is 1. The lowest BCUT2D eigenvalue weighted by Gasteiger charge is -2.45. The zero-order chi connectivity index (χ0) is 14.3. The fraction of sp³-hybridized carbons (Fsp3) is 0.625. The molecule has 0 aliphatic carbocycles. The number of hydrogen-bond donors (Lipinski definition) is 2. The number of nitrogens with zero attached hydrogens (tertiary/aromatic N) is 2. The zero-order valence-corrected chi connectivity index (χ0v) is 12.3. The number of phenolic OH excluding ortho intramolecular Hbond substituents is 2. The Morgan fingerprint density at radius 2 is 1.85 bits per heavy atom. The van der Waals surface area contributed by atoms with Gasteiger partial charge < -0.3 is 10.2 Å². The van der Waals surface area contributed by atoms with Crippen molar-refractivity contribution in [2.45, 2.75) is 44.8 Å². The molecule has 2 heterocycles. The van der Waals surface area contributed by atoms with E-state index in [0.29, 0.717) is 12.1 Å². The summed E-state index contributed by atoms with van der Waals surface area (Å²) >= 11 is 0. The molecule has 0 spiro atoms. The van der Waals surface area contributed by atoms with Crippen LogP contribution in [0.15, 0.2) is 18.2 Å². The van der Waals surface area contributed by atoms with Crippen molar-refractivity contribution in [3.8, 4) is 11.5 Å². The number of rotatable bonds is 2. The van der Waals surface area contributed by atoms with Crippen LogP contribution in [0, 0.1) is 0 Å². The number of hydrogen-bond acceptors (Lipinski definition) is 4. The fourth-order valence-electron chi connectivity index (χ4n) is 3.80. The van der Waals surface area contributed by atoms with Gasteiger partial charge in [0.2, 0.25) is 0 Å². The molecule has 3 atom stereocenters. The first kappa shape index (κ1) is 13.7. The minimum Gasteiger partial charge on any atom is -0.508 e. The molecular weight excluding hydrogens is 252 g/mol. The van der Waals surface area contributed by atoms with E-state index < -0.39 is 0 Å². The summed E-state index contributed by atoms with van der Waals surface area (Å²) in [7, 11) is 0. The van der Waals surface area contributed by atoms with Crippen LogP contribution in [-0.2, 0) is 0 Å². The van der Waals surface area contributed by atoms with Crippen LogP contribution < -0.4 is 0 Å². The molecule has 0 radical (unpaired) electrons. The lowest BCUT2D eigenvalue weighted by atomic mass is 10.0. The predicted octanol–water partition coefficient (Wildman–Crippen LogP) is 2.33. The van der Waals surface area contributed by atoms with Crippen molar-refractivity contribution in [2.24, 2.45) is 0 Å². The average molecular weight is 276 g/mol. The van der Waals surface area contributed by atoms with Crippen molar-refractivity contribution in [3.63, 3.8) is 0 Å². The number of piperazine rings is 1. The summed E-state index contributed by atoms with van der Waals surface area (Å²) in [5.41, 5.74) is 0.987. The van der Waals surface area contributed by atoms with Gasteiger partial charge in [-0.3, -0.25) is 9.80 Å². The van der Waals surface area contributed by atoms with Gasteiger partial charge in [-0.05, 0) is 50.9 Å². The molecule has 2 N–H and O–H groups in total. The van der Waals surface area contributed by atoms with Crippen LogP contribution >= 0.6 is 0 Å². The van der Waals surface area contributed by atoms with E-state index in [9.17, 15) is 10.2 Å². The molecule has 0 bridgehead atoms. The van der Waals surface area contributed by atoms with Crippen molar-refractivity contribution < 1.29 is 10.2 Å².